The second-order valence-electron chi connectivity index (χ2n) is 8.30. The van der Waals surface area contributed by atoms with E-state index in [2.05, 4.69) is 44.9 Å². The van der Waals surface area contributed by atoms with Crippen LogP contribution in [-0.2, 0) is 0 Å². The molecule has 0 aliphatic heterocycles. The first-order chi connectivity index (χ1) is 13.2. The Bertz CT molecular complexity index is 294. The van der Waals surface area contributed by atoms with Crippen molar-refractivity contribution in [2.75, 3.05) is 26.2 Å². The molecule has 0 aromatic rings. The van der Waals surface area contributed by atoms with Gasteiger partial charge in [-0.05, 0) is 84.0 Å². The highest BCUT2D eigenvalue weighted by atomic mass is 15.3. The van der Waals surface area contributed by atoms with Gasteiger partial charge in [-0.2, -0.15) is 0 Å². The lowest BCUT2D eigenvalue weighted by atomic mass is 10.1. The van der Waals surface area contributed by atoms with Crippen LogP contribution in [0.25, 0.3) is 0 Å². The third-order valence-corrected chi connectivity index (χ3v) is 6.04. The maximum Gasteiger partial charge on any atom is 0.0786 e. The number of unbranched alkanes of at least 4 members (excludes halogenated alkanes) is 12. The molecule has 0 aliphatic carbocycles. The van der Waals surface area contributed by atoms with Crippen molar-refractivity contribution in [3.63, 3.8) is 0 Å². The average Bonchev–Trinajstić information content (AvgIpc) is 2.69. The molecule has 0 spiro atoms. The summed E-state index contributed by atoms with van der Waals surface area (Å²) in [5.74, 6) is 0. The highest BCUT2D eigenvalue weighted by Crippen LogP contribution is 2.18. The van der Waals surface area contributed by atoms with Crippen LogP contribution in [0.15, 0.2) is 38.0 Å². The second kappa shape index (κ2) is 19.9. The number of hydrogen-bond donors (Lipinski definition) is 0. The van der Waals surface area contributed by atoms with Crippen molar-refractivity contribution in [3.05, 3.63) is 38.0 Å². The number of nitrogens with zero attached hydrogens (tertiary/aromatic N) is 1. The van der Waals surface area contributed by atoms with Gasteiger partial charge in [-0.15, -0.1) is 19.7 Å². The first kappa shape index (κ1) is 26.2. The third-order valence-electron chi connectivity index (χ3n) is 6.04. The van der Waals surface area contributed by atoms with Crippen molar-refractivity contribution < 1.29 is 4.48 Å². The molecule has 0 N–H and O–H groups in total. The molecule has 1 nitrogen and oxygen atoms in total. The van der Waals surface area contributed by atoms with Gasteiger partial charge in [0.25, 0.3) is 0 Å². The van der Waals surface area contributed by atoms with E-state index in [9.17, 15) is 0 Å². The zero-order chi connectivity index (χ0) is 20.1. The van der Waals surface area contributed by atoms with Gasteiger partial charge in [0.15, 0.2) is 0 Å². The summed E-state index contributed by atoms with van der Waals surface area (Å²) in [7, 11) is 0. The lowest BCUT2D eigenvalue weighted by molar-refractivity contribution is -0.927. The zero-order valence-corrected chi connectivity index (χ0v) is 18.7. The summed E-state index contributed by atoms with van der Waals surface area (Å²) in [6.07, 6.45) is 26.2. The van der Waals surface area contributed by atoms with E-state index >= 15 is 0 Å². The molecule has 0 aromatic heterocycles. The first-order valence-corrected chi connectivity index (χ1v) is 11.9. The molecule has 0 fully saturated rings. The van der Waals surface area contributed by atoms with E-state index in [0.29, 0.717) is 0 Å². The Morgan fingerprint density at radius 3 is 1.04 bits per heavy atom. The molecule has 0 atom stereocenters. The van der Waals surface area contributed by atoms with E-state index in [0.717, 1.165) is 0 Å². The standard InChI is InChI=1S/C26H50N/c1-5-9-12-15-18-21-24-27(8-4,25-22-19-16-13-10-6-2)26-23-20-17-14-11-7-3/h5-7H,1-3,8-26H2,4H3/q+1. The Hall–Kier alpha value is -0.820. The van der Waals surface area contributed by atoms with Gasteiger partial charge in [-0.25, -0.2) is 0 Å². The summed E-state index contributed by atoms with van der Waals surface area (Å²) in [5, 5.41) is 0. The van der Waals surface area contributed by atoms with Crippen molar-refractivity contribution >= 4 is 0 Å². The minimum atomic E-state index is 1.18. The van der Waals surface area contributed by atoms with Gasteiger partial charge in [0.1, 0.15) is 0 Å². The number of quaternary nitrogens is 1. The molecule has 27 heavy (non-hydrogen) atoms. The largest absolute Gasteiger partial charge is 0.324 e. The van der Waals surface area contributed by atoms with Crippen molar-refractivity contribution in [1.29, 1.82) is 0 Å². The van der Waals surface area contributed by atoms with Crippen LogP contribution in [0.4, 0.5) is 0 Å². The summed E-state index contributed by atoms with van der Waals surface area (Å²) in [6, 6.07) is 0. The van der Waals surface area contributed by atoms with Gasteiger partial charge in [0.2, 0.25) is 0 Å². The number of allylic oxidation sites excluding steroid dienone is 3. The van der Waals surface area contributed by atoms with Gasteiger partial charge in [-0.1, -0.05) is 37.5 Å². The molecule has 0 bridgehead atoms. The Kier molecular flexibility index (Phi) is 19.3. The first-order valence-electron chi connectivity index (χ1n) is 11.9. The third kappa shape index (κ3) is 15.9. The summed E-state index contributed by atoms with van der Waals surface area (Å²) < 4.78 is 1.37. The van der Waals surface area contributed by atoms with Gasteiger partial charge in [-0.3, -0.25) is 0 Å². The SMILES string of the molecule is C=CCCCCCC[N+](CC)(CCCCCCC=C)CCCCCCC=C. The summed E-state index contributed by atoms with van der Waals surface area (Å²) in [5.41, 5.74) is 0. The van der Waals surface area contributed by atoms with Crippen molar-refractivity contribution in [2.24, 2.45) is 0 Å². The smallest absolute Gasteiger partial charge is 0.0786 e. The number of rotatable bonds is 22. The Balaban J connectivity index is 4.28. The monoisotopic (exact) mass is 376 g/mol. The quantitative estimate of drug-likeness (QED) is 0.101. The molecule has 0 saturated heterocycles. The Morgan fingerprint density at radius 1 is 0.481 bits per heavy atom. The minimum absolute atomic E-state index is 1.18. The van der Waals surface area contributed by atoms with E-state index in [4.69, 9.17) is 0 Å². The van der Waals surface area contributed by atoms with Crippen LogP contribution in [0.1, 0.15) is 103 Å². The van der Waals surface area contributed by atoms with Crippen molar-refractivity contribution in [2.45, 2.75) is 103 Å². The predicted molar refractivity (Wildman–Crippen MR) is 125 cm³/mol. The molecule has 0 saturated carbocycles. The molecule has 0 heterocycles. The van der Waals surface area contributed by atoms with E-state index in [1.165, 1.54) is 127 Å². The Morgan fingerprint density at radius 2 is 0.778 bits per heavy atom. The molecule has 0 unspecified atom stereocenters. The molecular formula is C26H50N+. The van der Waals surface area contributed by atoms with Crippen LogP contribution in [-0.4, -0.2) is 30.7 Å². The number of hydrogen-bond acceptors (Lipinski definition) is 0. The normalized spacial score (nSPS) is 11.4. The molecule has 1 heteroatoms. The fourth-order valence-electron chi connectivity index (χ4n) is 4.08. The molecule has 0 rings (SSSR count). The lowest BCUT2D eigenvalue weighted by Gasteiger charge is -2.38. The van der Waals surface area contributed by atoms with Crippen LogP contribution in [0.5, 0.6) is 0 Å². The van der Waals surface area contributed by atoms with Gasteiger partial charge >= 0.3 is 0 Å². The zero-order valence-electron chi connectivity index (χ0n) is 18.7. The molecule has 158 valence electrons. The van der Waals surface area contributed by atoms with Gasteiger partial charge < -0.3 is 4.48 Å². The van der Waals surface area contributed by atoms with Crippen LogP contribution < -0.4 is 0 Å². The summed E-state index contributed by atoms with van der Waals surface area (Å²) >= 11 is 0. The average molecular weight is 377 g/mol. The van der Waals surface area contributed by atoms with Crippen LogP contribution in [0, 0.1) is 0 Å². The van der Waals surface area contributed by atoms with E-state index < -0.39 is 0 Å². The molecule has 0 radical (unpaired) electrons. The molecule has 0 amide bonds. The van der Waals surface area contributed by atoms with E-state index in [-0.39, 0.29) is 0 Å². The van der Waals surface area contributed by atoms with Crippen LogP contribution in [0.2, 0.25) is 0 Å². The molecular weight excluding hydrogens is 326 g/mol. The maximum atomic E-state index is 3.84. The van der Waals surface area contributed by atoms with Gasteiger partial charge in [0.05, 0.1) is 26.2 Å². The molecule has 0 aromatic carbocycles. The van der Waals surface area contributed by atoms with E-state index in [1.54, 1.807) is 0 Å². The van der Waals surface area contributed by atoms with E-state index in [1.807, 2.05) is 0 Å². The maximum absolute atomic E-state index is 3.84. The Labute approximate surface area is 172 Å². The fraction of sp³-hybridized carbons (Fsp3) is 0.769. The van der Waals surface area contributed by atoms with Crippen molar-refractivity contribution in [1.82, 2.24) is 0 Å². The summed E-state index contributed by atoms with van der Waals surface area (Å²) in [4.78, 5) is 0. The predicted octanol–water partition coefficient (Wildman–Crippen LogP) is 8.23. The summed E-state index contributed by atoms with van der Waals surface area (Å²) in [6.45, 7) is 19.4. The second-order valence-corrected chi connectivity index (χ2v) is 8.30. The van der Waals surface area contributed by atoms with Crippen molar-refractivity contribution in [3.8, 4) is 0 Å². The topological polar surface area (TPSA) is 0 Å². The fourth-order valence-corrected chi connectivity index (χ4v) is 4.08. The van der Waals surface area contributed by atoms with Crippen LogP contribution >= 0.6 is 0 Å². The lowest BCUT2D eigenvalue weighted by Crippen LogP contribution is -2.50. The van der Waals surface area contributed by atoms with Crippen LogP contribution in [0.3, 0.4) is 0 Å². The van der Waals surface area contributed by atoms with Gasteiger partial charge in [0, 0.05) is 0 Å². The highest BCUT2D eigenvalue weighted by Gasteiger charge is 2.23. The molecule has 0 aliphatic rings. The highest BCUT2D eigenvalue weighted by molar-refractivity contribution is 4.66. The minimum Gasteiger partial charge on any atom is -0.324 e.